The normalized spacial score (nSPS) is 46.1. The Morgan fingerprint density at radius 2 is 1.80 bits per heavy atom. The molecule has 4 rings (SSSR count). The lowest BCUT2D eigenvalue weighted by molar-refractivity contribution is -0.231. The number of fused-ring (bicyclic) bond motifs is 5. The minimum absolute atomic E-state index is 0.00892. The van der Waals surface area contributed by atoms with Crippen molar-refractivity contribution in [2.75, 3.05) is 6.61 Å². The number of aliphatic hydroxyl groups is 1. The Balaban J connectivity index is 1.85. The topological polar surface area (TPSA) is 107 Å². The lowest BCUT2D eigenvalue weighted by atomic mass is 9.44. The van der Waals surface area contributed by atoms with E-state index in [1.165, 1.54) is 19.1 Å². The van der Waals surface area contributed by atoms with Crippen molar-refractivity contribution in [1.82, 2.24) is 0 Å². The smallest absolute Gasteiger partial charge is 0.303 e. The summed E-state index contributed by atoms with van der Waals surface area (Å²) in [6.07, 6.45) is 0.118. The van der Waals surface area contributed by atoms with Crippen molar-refractivity contribution < 1.29 is 42.5 Å². The van der Waals surface area contributed by atoms with E-state index in [0.29, 0.717) is 0 Å². The van der Waals surface area contributed by atoms with Crippen LogP contribution in [0.2, 0.25) is 0 Å². The molecule has 4 aliphatic carbocycles. The fourth-order valence-corrected chi connectivity index (χ4v) is 7.89. The van der Waals surface area contributed by atoms with Crippen molar-refractivity contribution in [3.63, 3.8) is 0 Å². The van der Waals surface area contributed by atoms with Gasteiger partial charge in [0.1, 0.15) is 6.17 Å². The molecule has 0 radical (unpaired) electrons. The van der Waals surface area contributed by atoms with Crippen LogP contribution >= 0.6 is 0 Å². The minimum atomic E-state index is -2.31. The highest BCUT2D eigenvalue weighted by Gasteiger charge is 2.78. The van der Waals surface area contributed by atoms with E-state index in [-0.39, 0.29) is 24.8 Å². The van der Waals surface area contributed by atoms with E-state index < -0.39 is 82.2 Å². The van der Waals surface area contributed by atoms with Crippen molar-refractivity contribution in [3.05, 3.63) is 23.8 Å². The molecule has 3 fully saturated rings. The van der Waals surface area contributed by atoms with Gasteiger partial charge in [-0.05, 0) is 49.8 Å². The third kappa shape index (κ3) is 3.22. The first kappa shape index (κ1) is 25.7. The fraction of sp³-hybridized carbons (Fsp3) is 0.692. The van der Waals surface area contributed by atoms with Crippen molar-refractivity contribution in [3.8, 4) is 0 Å². The van der Waals surface area contributed by atoms with Crippen LogP contribution in [-0.2, 0) is 28.7 Å². The van der Waals surface area contributed by atoms with Gasteiger partial charge in [0.15, 0.2) is 23.7 Å². The van der Waals surface area contributed by atoms with Gasteiger partial charge in [-0.1, -0.05) is 19.9 Å². The zero-order chi connectivity index (χ0) is 26.1. The molecule has 1 N–H and O–H groups in total. The van der Waals surface area contributed by atoms with Crippen molar-refractivity contribution >= 4 is 23.5 Å². The Morgan fingerprint density at radius 1 is 1.14 bits per heavy atom. The van der Waals surface area contributed by atoms with Crippen molar-refractivity contribution in [2.45, 2.75) is 77.4 Å². The predicted molar refractivity (Wildman–Crippen MR) is 119 cm³/mol. The predicted octanol–water partition coefficient (Wildman–Crippen LogP) is 2.99. The maximum absolute atomic E-state index is 17.3. The van der Waals surface area contributed by atoms with Gasteiger partial charge in [-0.15, -0.1) is 0 Å². The molecule has 0 aromatic rings. The molecule has 0 heterocycles. The number of allylic oxidation sites excluding steroid dienone is 4. The second-order valence-corrected chi connectivity index (χ2v) is 11.0. The van der Waals surface area contributed by atoms with Gasteiger partial charge in [-0.2, -0.15) is 0 Å². The van der Waals surface area contributed by atoms with Crippen LogP contribution in [0.25, 0.3) is 0 Å². The summed E-state index contributed by atoms with van der Waals surface area (Å²) in [6.45, 7) is 6.52. The molecule has 7 nitrogen and oxygen atoms in total. The molecule has 3 saturated carbocycles. The number of ketones is 2. The number of alkyl halides is 2. The number of hydrogen-bond acceptors (Lipinski definition) is 7. The highest BCUT2D eigenvalue weighted by molar-refractivity contribution is 6.01. The summed E-state index contributed by atoms with van der Waals surface area (Å²) in [5, 5.41) is 11.4. The molecular formula is C26H32F2O7. The quantitative estimate of drug-likeness (QED) is 0.599. The Hall–Kier alpha value is -2.42. The number of rotatable bonds is 4. The molecule has 0 unspecified atom stereocenters. The van der Waals surface area contributed by atoms with E-state index in [9.17, 15) is 24.3 Å². The fourth-order valence-electron chi connectivity index (χ4n) is 7.89. The van der Waals surface area contributed by atoms with Crippen LogP contribution in [0.5, 0.6) is 0 Å². The second-order valence-electron chi connectivity index (χ2n) is 11.0. The third-order valence-corrected chi connectivity index (χ3v) is 9.29. The van der Waals surface area contributed by atoms with Gasteiger partial charge in [0.25, 0.3) is 0 Å². The van der Waals surface area contributed by atoms with E-state index in [2.05, 4.69) is 0 Å². The zero-order valence-electron chi connectivity index (χ0n) is 20.6. The summed E-state index contributed by atoms with van der Waals surface area (Å²) >= 11 is 0. The molecule has 0 aliphatic heterocycles. The maximum atomic E-state index is 17.3. The molecule has 0 spiro atoms. The average molecular weight is 495 g/mol. The monoisotopic (exact) mass is 494 g/mol. The Labute approximate surface area is 202 Å². The van der Waals surface area contributed by atoms with Gasteiger partial charge in [0, 0.05) is 36.5 Å². The Bertz CT molecular complexity index is 1050. The Kier molecular flexibility index (Phi) is 5.90. The van der Waals surface area contributed by atoms with Crippen LogP contribution in [0.1, 0.15) is 53.9 Å². The van der Waals surface area contributed by atoms with Gasteiger partial charge in [0.2, 0.25) is 5.78 Å². The van der Waals surface area contributed by atoms with Crippen molar-refractivity contribution in [2.24, 2.45) is 28.6 Å². The van der Waals surface area contributed by atoms with Gasteiger partial charge in [-0.3, -0.25) is 19.2 Å². The van der Waals surface area contributed by atoms with Gasteiger partial charge in [-0.25, -0.2) is 8.78 Å². The highest BCUT2D eigenvalue weighted by Crippen LogP contribution is 2.71. The number of halogens is 2. The summed E-state index contributed by atoms with van der Waals surface area (Å²) in [4.78, 5) is 49.1. The zero-order valence-corrected chi connectivity index (χ0v) is 20.6. The summed E-state index contributed by atoms with van der Waals surface area (Å²) in [5.41, 5.74) is -6.90. The first-order valence-corrected chi connectivity index (χ1v) is 12.0. The lowest BCUT2D eigenvalue weighted by Gasteiger charge is -2.63. The van der Waals surface area contributed by atoms with E-state index in [1.807, 2.05) is 0 Å². The lowest BCUT2D eigenvalue weighted by Crippen LogP contribution is -2.71. The van der Waals surface area contributed by atoms with Gasteiger partial charge in [0.05, 0.1) is 6.10 Å². The number of aliphatic hydroxyl groups excluding tert-OH is 1. The maximum Gasteiger partial charge on any atom is 0.303 e. The van der Waals surface area contributed by atoms with E-state index >= 15 is 8.78 Å². The third-order valence-electron chi connectivity index (χ3n) is 9.29. The molecule has 35 heavy (non-hydrogen) atoms. The number of carbonyl (C=O) groups is 4. The van der Waals surface area contributed by atoms with Crippen molar-refractivity contribution in [1.29, 1.82) is 0 Å². The summed E-state index contributed by atoms with van der Waals surface area (Å²) < 4.78 is 43.5. The number of esters is 2. The van der Waals surface area contributed by atoms with Gasteiger partial charge >= 0.3 is 11.9 Å². The van der Waals surface area contributed by atoms with Crippen LogP contribution in [0.15, 0.2) is 23.8 Å². The molecule has 9 atom stereocenters. The minimum Gasteiger partial charge on any atom is -0.458 e. The van der Waals surface area contributed by atoms with Crippen LogP contribution < -0.4 is 0 Å². The molecule has 192 valence electrons. The molecule has 0 aromatic carbocycles. The molecule has 0 amide bonds. The molecule has 9 heteroatoms. The Morgan fingerprint density at radius 3 is 2.40 bits per heavy atom. The van der Waals surface area contributed by atoms with Crippen LogP contribution in [0, 0.1) is 28.6 Å². The number of ether oxygens (including phenoxy) is 2. The number of hydrogen-bond donors (Lipinski definition) is 1. The second kappa shape index (κ2) is 8.05. The number of Topliss-reactive ketones (excluding diaryl/α,β-unsaturated/α-hetero) is 1. The summed E-state index contributed by atoms with van der Waals surface area (Å²) in [6, 6.07) is 0. The average Bonchev–Trinajstić information content (AvgIpc) is 2.97. The molecular weight excluding hydrogens is 462 g/mol. The first-order valence-electron chi connectivity index (χ1n) is 12.0. The molecule has 0 aromatic heterocycles. The van der Waals surface area contributed by atoms with E-state index in [4.69, 9.17) is 9.47 Å². The molecule has 0 saturated heterocycles. The molecule has 0 bridgehead atoms. The van der Waals surface area contributed by atoms with Crippen LogP contribution in [-0.4, -0.2) is 58.8 Å². The SMILES string of the molecule is CC(=O)OCC(=O)[C@]1(OC(C)=O)[C@H](C)C[C@H]2[C@@H]3C[C@H](F)C4=CC(=O)C=C[C@]4(C)[C@@]3(F)[C@@H](O)C[C@@]21C. The number of carbonyl (C=O) groups excluding carboxylic acids is 4. The van der Waals surface area contributed by atoms with Gasteiger partial charge < -0.3 is 14.6 Å². The first-order chi connectivity index (χ1) is 16.1. The van der Waals surface area contributed by atoms with E-state index in [1.54, 1.807) is 13.8 Å². The molecule has 4 aliphatic rings. The van der Waals surface area contributed by atoms with E-state index in [0.717, 1.165) is 19.9 Å². The standard InChI is InChI=1S/C26H32F2O7/c1-13-8-17-18-10-20(27)19-9-16(31)6-7-23(19,4)25(18,28)21(32)11-24(17,5)26(13,35-15(3)30)22(33)12-34-14(2)29/h6-7,9,13,17-18,20-21,32H,8,10-12H2,1-5H3/t13-,17+,18+,20+,21+,23+,24+,25+,26-/m1/s1. The summed E-state index contributed by atoms with van der Waals surface area (Å²) in [5.74, 6) is -4.77. The highest BCUT2D eigenvalue weighted by atomic mass is 19.1. The van der Waals surface area contributed by atoms with Crippen LogP contribution in [0.4, 0.5) is 8.78 Å². The largest absolute Gasteiger partial charge is 0.458 e. The summed E-state index contributed by atoms with van der Waals surface area (Å²) in [7, 11) is 0. The van der Waals surface area contributed by atoms with Crippen LogP contribution in [0.3, 0.4) is 0 Å².